The van der Waals surface area contributed by atoms with Gasteiger partial charge in [0.05, 0.1) is 0 Å². The zero-order valence-corrected chi connectivity index (χ0v) is 11.5. The van der Waals surface area contributed by atoms with Crippen molar-refractivity contribution in [3.05, 3.63) is 12.3 Å². The van der Waals surface area contributed by atoms with Gasteiger partial charge in [-0.15, -0.1) is 0 Å². The monoisotopic (exact) mass is 263 g/mol. The minimum absolute atomic E-state index is 0.154. The first kappa shape index (κ1) is 13.6. The summed E-state index contributed by atoms with van der Waals surface area (Å²) in [7, 11) is 3.81. The van der Waals surface area contributed by atoms with Crippen molar-refractivity contribution >= 4 is 17.7 Å². The number of aromatic nitrogens is 2. The molecule has 2 rings (SSSR count). The van der Waals surface area contributed by atoms with E-state index >= 15 is 0 Å². The van der Waals surface area contributed by atoms with E-state index in [0.717, 1.165) is 31.6 Å². The predicted octanol–water partition coefficient (Wildman–Crippen LogP) is 1.01. The number of carbonyl (C=O) groups is 1. The Labute approximate surface area is 113 Å². The van der Waals surface area contributed by atoms with Gasteiger partial charge in [0.2, 0.25) is 11.9 Å². The average molecular weight is 263 g/mol. The van der Waals surface area contributed by atoms with E-state index in [1.54, 1.807) is 6.20 Å². The molecule has 19 heavy (non-hydrogen) atoms. The van der Waals surface area contributed by atoms with E-state index in [0.29, 0.717) is 18.4 Å². The van der Waals surface area contributed by atoms with Gasteiger partial charge in [-0.05, 0) is 25.3 Å². The number of nitrogens with one attached hydrogen (secondary N) is 2. The average Bonchev–Trinajstić information content (AvgIpc) is 3.19. The van der Waals surface area contributed by atoms with Crippen LogP contribution < -0.4 is 15.5 Å². The van der Waals surface area contributed by atoms with Crippen molar-refractivity contribution in [2.75, 3.05) is 30.9 Å². The maximum absolute atomic E-state index is 11.5. The molecule has 0 unspecified atom stereocenters. The highest BCUT2D eigenvalue weighted by atomic mass is 16.1. The Morgan fingerprint density at radius 3 is 2.95 bits per heavy atom. The molecular formula is C13H21N5O. The molecule has 0 aromatic carbocycles. The molecule has 0 spiro atoms. The SMILES string of the molecule is CN(C)c1nccc(NCCCC(=O)NC2CC2)n1. The molecule has 6 heteroatoms. The lowest BCUT2D eigenvalue weighted by molar-refractivity contribution is -0.121. The van der Waals surface area contributed by atoms with Gasteiger partial charge < -0.3 is 15.5 Å². The highest BCUT2D eigenvalue weighted by Gasteiger charge is 2.22. The van der Waals surface area contributed by atoms with Gasteiger partial charge in [0, 0.05) is 39.3 Å². The van der Waals surface area contributed by atoms with Crippen LogP contribution in [0.4, 0.5) is 11.8 Å². The summed E-state index contributed by atoms with van der Waals surface area (Å²) in [6, 6.07) is 2.28. The second-order valence-electron chi connectivity index (χ2n) is 5.01. The van der Waals surface area contributed by atoms with Crippen molar-refractivity contribution in [2.45, 2.75) is 31.7 Å². The normalized spacial score (nSPS) is 14.0. The summed E-state index contributed by atoms with van der Waals surface area (Å²) >= 11 is 0. The van der Waals surface area contributed by atoms with Gasteiger partial charge in [-0.2, -0.15) is 4.98 Å². The van der Waals surface area contributed by atoms with E-state index in [2.05, 4.69) is 20.6 Å². The molecule has 1 saturated carbocycles. The fraction of sp³-hybridized carbons (Fsp3) is 0.615. The minimum atomic E-state index is 0.154. The molecule has 1 heterocycles. The highest BCUT2D eigenvalue weighted by Crippen LogP contribution is 2.18. The number of hydrogen-bond donors (Lipinski definition) is 2. The molecule has 104 valence electrons. The summed E-state index contributed by atoms with van der Waals surface area (Å²) in [6.45, 7) is 0.738. The number of amides is 1. The molecule has 1 aliphatic rings. The molecule has 1 aromatic rings. The zero-order chi connectivity index (χ0) is 13.7. The Balaban J connectivity index is 1.67. The smallest absolute Gasteiger partial charge is 0.226 e. The molecule has 0 radical (unpaired) electrons. The van der Waals surface area contributed by atoms with Crippen LogP contribution >= 0.6 is 0 Å². The first-order chi connectivity index (χ1) is 9.15. The first-order valence-corrected chi connectivity index (χ1v) is 6.69. The van der Waals surface area contributed by atoms with Crippen molar-refractivity contribution in [3.63, 3.8) is 0 Å². The van der Waals surface area contributed by atoms with Gasteiger partial charge in [0.1, 0.15) is 5.82 Å². The lowest BCUT2D eigenvalue weighted by Gasteiger charge is -2.11. The van der Waals surface area contributed by atoms with Crippen molar-refractivity contribution in [1.82, 2.24) is 15.3 Å². The molecule has 1 aliphatic carbocycles. The number of carbonyl (C=O) groups excluding carboxylic acids is 1. The molecular weight excluding hydrogens is 242 g/mol. The van der Waals surface area contributed by atoms with E-state index in [1.807, 2.05) is 25.1 Å². The van der Waals surface area contributed by atoms with Crippen LogP contribution in [0.3, 0.4) is 0 Å². The third-order valence-electron chi connectivity index (χ3n) is 2.87. The number of anilines is 2. The third-order valence-corrected chi connectivity index (χ3v) is 2.87. The maximum Gasteiger partial charge on any atom is 0.226 e. The van der Waals surface area contributed by atoms with Gasteiger partial charge in [-0.25, -0.2) is 4.98 Å². The summed E-state index contributed by atoms with van der Waals surface area (Å²) in [5, 5.41) is 6.18. The molecule has 1 amide bonds. The van der Waals surface area contributed by atoms with Crippen LogP contribution in [0, 0.1) is 0 Å². The summed E-state index contributed by atoms with van der Waals surface area (Å²) in [5.74, 6) is 1.62. The van der Waals surface area contributed by atoms with Crippen LogP contribution in [0.1, 0.15) is 25.7 Å². The van der Waals surface area contributed by atoms with Crippen molar-refractivity contribution in [3.8, 4) is 0 Å². The van der Waals surface area contributed by atoms with Gasteiger partial charge in [-0.1, -0.05) is 0 Å². The Bertz CT molecular complexity index is 431. The molecule has 0 saturated heterocycles. The molecule has 2 N–H and O–H groups in total. The summed E-state index contributed by atoms with van der Waals surface area (Å²) < 4.78 is 0. The topological polar surface area (TPSA) is 70.2 Å². The van der Waals surface area contributed by atoms with E-state index in [1.165, 1.54) is 0 Å². The first-order valence-electron chi connectivity index (χ1n) is 6.69. The predicted molar refractivity (Wildman–Crippen MR) is 75.2 cm³/mol. The third kappa shape index (κ3) is 4.73. The van der Waals surface area contributed by atoms with Gasteiger partial charge in [-0.3, -0.25) is 4.79 Å². The van der Waals surface area contributed by atoms with Crippen LogP contribution in [0.25, 0.3) is 0 Å². The summed E-state index contributed by atoms with van der Waals surface area (Å²) in [6.07, 6.45) is 5.37. The zero-order valence-electron chi connectivity index (χ0n) is 11.5. The molecule has 0 atom stereocenters. The van der Waals surface area contributed by atoms with Crippen LogP contribution in [0.15, 0.2) is 12.3 Å². The quantitative estimate of drug-likeness (QED) is 0.719. The lowest BCUT2D eigenvalue weighted by atomic mass is 10.3. The Hall–Kier alpha value is -1.85. The molecule has 1 fully saturated rings. The molecule has 1 aromatic heterocycles. The Kier molecular flexibility index (Phi) is 4.54. The van der Waals surface area contributed by atoms with E-state index in [-0.39, 0.29) is 5.91 Å². The fourth-order valence-electron chi connectivity index (χ4n) is 1.66. The Morgan fingerprint density at radius 2 is 2.26 bits per heavy atom. The second-order valence-corrected chi connectivity index (χ2v) is 5.01. The van der Waals surface area contributed by atoms with E-state index in [4.69, 9.17) is 0 Å². The van der Waals surface area contributed by atoms with Crippen molar-refractivity contribution < 1.29 is 4.79 Å². The maximum atomic E-state index is 11.5. The summed E-state index contributed by atoms with van der Waals surface area (Å²) in [4.78, 5) is 21.8. The number of hydrogen-bond acceptors (Lipinski definition) is 5. The number of rotatable bonds is 7. The Morgan fingerprint density at radius 1 is 1.47 bits per heavy atom. The van der Waals surface area contributed by atoms with Crippen LogP contribution in [-0.4, -0.2) is 42.6 Å². The number of nitrogens with zero attached hydrogens (tertiary/aromatic N) is 3. The van der Waals surface area contributed by atoms with E-state index < -0.39 is 0 Å². The molecule has 0 bridgehead atoms. The van der Waals surface area contributed by atoms with Crippen LogP contribution in [-0.2, 0) is 4.79 Å². The second kappa shape index (κ2) is 6.36. The van der Waals surface area contributed by atoms with E-state index in [9.17, 15) is 4.79 Å². The minimum Gasteiger partial charge on any atom is -0.370 e. The largest absolute Gasteiger partial charge is 0.370 e. The highest BCUT2D eigenvalue weighted by molar-refractivity contribution is 5.76. The van der Waals surface area contributed by atoms with Crippen LogP contribution in [0.5, 0.6) is 0 Å². The van der Waals surface area contributed by atoms with Gasteiger partial charge in [0.15, 0.2) is 0 Å². The summed E-state index contributed by atoms with van der Waals surface area (Å²) in [5.41, 5.74) is 0. The van der Waals surface area contributed by atoms with Crippen molar-refractivity contribution in [1.29, 1.82) is 0 Å². The van der Waals surface area contributed by atoms with Gasteiger partial charge >= 0.3 is 0 Å². The van der Waals surface area contributed by atoms with Crippen molar-refractivity contribution in [2.24, 2.45) is 0 Å². The molecule has 0 aliphatic heterocycles. The standard InChI is InChI=1S/C13H21N5O/c1-18(2)13-15-9-7-11(17-13)14-8-3-4-12(19)16-10-5-6-10/h7,9-10H,3-6,8H2,1-2H3,(H,16,19)(H,14,15,17). The molecule has 6 nitrogen and oxygen atoms in total. The fourth-order valence-corrected chi connectivity index (χ4v) is 1.66. The van der Waals surface area contributed by atoms with Crippen LogP contribution in [0.2, 0.25) is 0 Å². The lowest BCUT2D eigenvalue weighted by Crippen LogP contribution is -2.25. The van der Waals surface area contributed by atoms with Gasteiger partial charge in [0.25, 0.3) is 0 Å².